The van der Waals surface area contributed by atoms with Crippen molar-refractivity contribution in [2.24, 2.45) is 0 Å². The molecule has 0 saturated carbocycles. The van der Waals surface area contributed by atoms with E-state index in [1.165, 1.54) is 0 Å². The highest BCUT2D eigenvalue weighted by Crippen LogP contribution is 2.27. The lowest BCUT2D eigenvalue weighted by Crippen LogP contribution is -2.41. The van der Waals surface area contributed by atoms with Gasteiger partial charge in [0, 0.05) is 18.7 Å². The van der Waals surface area contributed by atoms with Crippen LogP contribution in [0.3, 0.4) is 0 Å². The Morgan fingerprint density at radius 1 is 1.15 bits per heavy atom. The molecule has 0 spiro atoms. The van der Waals surface area contributed by atoms with Crippen LogP contribution in [0.25, 0.3) is 10.8 Å². The second-order valence-electron chi connectivity index (χ2n) is 4.95. The zero-order valence-electron chi connectivity index (χ0n) is 11.2. The van der Waals surface area contributed by atoms with Crippen LogP contribution in [0.2, 0.25) is 0 Å². The normalized spacial score (nSPS) is 15.5. The minimum absolute atomic E-state index is 0.0416. The highest BCUT2D eigenvalue weighted by Gasteiger charge is 2.19. The molecule has 4 heteroatoms. The Balaban J connectivity index is 1.89. The maximum absolute atomic E-state index is 12.3. The van der Waals surface area contributed by atoms with E-state index in [9.17, 15) is 9.90 Å². The van der Waals surface area contributed by atoms with Gasteiger partial charge in [0.15, 0.2) is 0 Å². The molecule has 1 amide bonds. The van der Waals surface area contributed by atoms with E-state index < -0.39 is 0 Å². The number of amides is 1. The number of carbonyl (C=O) groups is 1. The standard InChI is InChI=1S/C16H17NO3/c18-15-6-5-12-3-1-2-4-13(12)14(15)11-16(19)17-7-9-20-10-8-17/h1-6,18H,7-11H2. The van der Waals surface area contributed by atoms with Crippen LogP contribution in [0.15, 0.2) is 36.4 Å². The zero-order chi connectivity index (χ0) is 13.9. The number of nitrogens with zero attached hydrogens (tertiary/aromatic N) is 1. The SMILES string of the molecule is O=C(Cc1c(O)ccc2ccccc12)N1CCOCC1. The summed E-state index contributed by atoms with van der Waals surface area (Å²) in [7, 11) is 0. The maximum atomic E-state index is 12.3. The molecule has 1 fully saturated rings. The van der Waals surface area contributed by atoms with Crippen molar-refractivity contribution in [3.8, 4) is 5.75 Å². The van der Waals surface area contributed by atoms with Gasteiger partial charge < -0.3 is 14.7 Å². The topological polar surface area (TPSA) is 49.8 Å². The molecule has 3 rings (SSSR count). The first kappa shape index (κ1) is 12.9. The second kappa shape index (κ2) is 5.51. The molecule has 0 aromatic heterocycles. The summed E-state index contributed by atoms with van der Waals surface area (Å²) in [5, 5.41) is 12.0. The Bertz CT molecular complexity index is 633. The summed E-state index contributed by atoms with van der Waals surface area (Å²) in [6, 6.07) is 11.3. The molecule has 2 aromatic rings. The zero-order valence-corrected chi connectivity index (χ0v) is 11.2. The quantitative estimate of drug-likeness (QED) is 0.908. The third-order valence-corrected chi connectivity index (χ3v) is 3.71. The van der Waals surface area contributed by atoms with Crippen molar-refractivity contribution < 1.29 is 14.6 Å². The van der Waals surface area contributed by atoms with Crippen molar-refractivity contribution in [2.75, 3.05) is 26.3 Å². The van der Waals surface area contributed by atoms with E-state index in [-0.39, 0.29) is 18.1 Å². The predicted octanol–water partition coefficient (Wildman–Crippen LogP) is 1.95. The van der Waals surface area contributed by atoms with Gasteiger partial charge in [0.1, 0.15) is 5.75 Å². The first-order valence-electron chi connectivity index (χ1n) is 6.81. The van der Waals surface area contributed by atoms with Crippen LogP contribution in [0.1, 0.15) is 5.56 Å². The van der Waals surface area contributed by atoms with Crippen LogP contribution in [0.5, 0.6) is 5.75 Å². The third-order valence-electron chi connectivity index (χ3n) is 3.71. The number of phenolic OH excluding ortho intramolecular Hbond substituents is 1. The van der Waals surface area contributed by atoms with Gasteiger partial charge in [-0.3, -0.25) is 4.79 Å². The number of fused-ring (bicyclic) bond motifs is 1. The molecule has 0 aliphatic carbocycles. The minimum atomic E-state index is 0.0416. The van der Waals surface area contributed by atoms with Crippen LogP contribution in [0, 0.1) is 0 Å². The van der Waals surface area contributed by atoms with Crippen molar-refractivity contribution in [3.63, 3.8) is 0 Å². The number of rotatable bonds is 2. The molecule has 104 valence electrons. The van der Waals surface area contributed by atoms with Gasteiger partial charge in [0.05, 0.1) is 19.6 Å². The van der Waals surface area contributed by atoms with Crippen molar-refractivity contribution in [3.05, 3.63) is 42.0 Å². The second-order valence-corrected chi connectivity index (χ2v) is 4.95. The van der Waals surface area contributed by atoms with Crippen molar-refractivity contribution in [1.82, 2.24) is 4.90 Å². The van der Waals surface area contributed by atoms with Crippen molar-refractivity contribution in [1.29, 1.82) is 0 Å². The Kier molecular flexibility index (Phi) is 3.56. The van der Waals surface area contributed by atoms with Gasteiger partial charge in [-0.2, -0.15) is 0 Å². The van der Waals surface area contributed by atoms with Gasteiger partial charge in [-0.15, -0.1) is 0 Å². The first-order chi connectivity index (χ1) is 9.75. The van der Waals surface area contributed by atoms with E-state index in [1.54, 1.807) is 11.0 Å². The molecule has 1 heterocycles. The molecule has 1 aliphatic rings. The Hall–Kier alpha value is -2.07. The van der Waals surface area contributed by atoms with Crippen LogP contribution in [0.4, 0.5) is 0 Å². The average Bonchev–Trinajstić information content (AvgIpc) is 2.51. The number of hydrogen-bond acceptors (Lipinski definition) is 3. The lowest BCUT2D eigenvalue weighted by atomic mass is 10.0. The number of hydrogen-bond donors (Lipinski definition) is 1. The monoisotopic (exact) mass is 271 g/mol. The fourth-order valence-corrected chi connectivity index (χ4v) is 2.59. The van der Waals surface area contributed by atoms with Crippen LogP contribution in [-0.4, -0.2) is 42.2 Å². The molecule has 2 aromatic carbocycles. The van der Waals surface area contributed by atoms with Crippen LogP contribution >= 0.6 is 0 Å². The molecule has 1 N–H and O–H groups in total. The Labute approximate surface area is 117 Å². The molecule has 1 saturated heterocycles. The van der Waals surface area contributed by atoms with E-state index >= 15 is 0 Å². The van der Waals surface area contributed by atoms with Gasteiger partial charge in [-0.05, 0) is 16.8 Å². The predicted molar refractivity (Wildman–Crippen MR) is 76.7 cm³/mol. The van der Waals surface area contributed by atoms with Crippen molar-refractivity contribution in [2.45, 2.75) is 6.42 Å². The van der Waals surface area contributed by atoms with Gasteiger partial charge in [-0.25, -0.2) is 0 Å². The molecule has 1 aliphatic heterocycles. The Morgan fingerprint density at radius 3 is 2.70 bits per heavy atom. The smallest absolute Gasteiger partial charge is 0.227 e. The van der Waals surface area contributed by atoms with Gasteiger partial charge in [0.25, 0.3) is 0 Å². The van der Waals surface area contributed by atoms with Gasteiger partial charge in [0.2, 0.25) is 5.91 Å². The highest BCUT2D eigenvalue weighted by molar-refractivity contribution is 5.92. The molecule has 0 bridgehead atoms. The van der Waals surface area contributed by atoms with Gasteiger partial charge >= 0.3 is 0 Å². The molecule has 0 atom stereocenters. The number of aromatic hydroxyl groups is 1. The summed E-state index contributed by atoms with van der Waals surface area (Å²) in [6.45, 7) is 2.44. The molecular weight excluding hydrogens is 254 g/mol. The largest absolute Gasteiger partial charge is 0.508 e. The van der Waals surface area contributed by atoms with E-state index in [4.69, 9.17) is 4.74 Å². The summed E-state index contributed by atoms with van der Waals surface area (Å²) in [6.07, 6.45) is 0.229. The molecule has 20 heavy (non-hydrogen) atoms. The lowest BCUT2D eigenvalue weighted by molar-refractivity contribution is -0.134. The highest BCUT2D eigenvalue weighted by atomic mass is 16.5. The summed E-state index contributed by atoms with van der Waals surface area (Å²) in [5.41, 5.74) is 0.708. The molecule has 0 radical (unpaired) electrons. The molecule has 4 nitrogen and oxygen atoms in total. The van der Waals surface area contributed by atoms with E-state index in [2.05, 4.69) is 0 Å². The lowest BCUT2D eigenvalue weighted by Gasteiger charge is -2.27. The van der Waals surface area contributed by atoms with Crippen molar-refractivity contribution >= 4 is 16.7 Å². The summed E-state index contributed by atoms with van der Waals surface area (Å²) < 4.78 is 5.25. The Morgan fingerprint density at radius 2 is 1.90 bits per heavy atom. The summed E-state index contributed by atoms with van der Waals surface area (Å²) in [5.74, 6) is 0.227. The van der Waals surface area contributed by atoms with E-state index in [1.807, 2.05) is 30.3 Å². The average molecular weight is 271 g/mol. The summed E-state index contributed by atoms with van der Waals surface area (Å²) >= 11 is 0. The van der Waals surface area contributed by atoms with E-state index in [0.717, 1.165) is 10.8 Å². The van der Waals surface area contributed by atoms with Crippen LogP contribution in [-0.2, 0) is 16.0 Å². The number of benzene rings is 2. The van der Waals surface area contributed by atoms with Crippen LogP contribution < -0.4 is 0 Å². The number of phenols is 1. The molecular formula is C16H17NO3. The number of morpholine rings is 1. The first-order valence-corrected chi connectivity index (χ1v) is 6.81. The molecule has 0 unspecified atom stereocenters. The fourth-order valence-electron chi connectivity index (χ4n) is 2.59. The van der Waals surface area contributed by atoms with Gasteiger partial charge in [-0.1, -0.05) is 30.3 Å². The van der Waals surface area contributed by atoms with E-state index in [0.29, 0.717) is 31.9 Å². The number of ether oxygens (including phenoxy) is 1. The summed E-state index contributed by atoms with van der Waals surface area (Å²) in [4.78, 5) is 14.1. The third kappa shape index (κ3) is 2.47. The maximum Gasteiger partial charge on any atom is 0.227 e. The number of carbonyl (C=O) groups excluding carboxylic acids is 1. The fraction of sp³-hybridized carbons (Fsp3) is 0.312. The minimum Gasteiger partial charge on any atom is -0.508 e.